The normalized spacial score (nSPS) is 18.6. The predicted octanol–water partition coefficient (Wildman–Crippen LogP) is 1.01. The number of piperidine rings is 1. The van der Waals surface area contributed by atoms with Crippen molar-refractivity contribution in [3.8, 4) is 0 Å². The highest BCUT2D eigenvalue weighted by Gasteiger charge is 2.24. The van der Waals surface area contributed by atoms with E-state index in [2.05, 4.69) is 15.3 Å². The summed E-state index contributed by atoms with van der Waals surface area (Å²) in [5.74, 6) is 1.08. The molecular formula is C15H22N4O2. The van der Waals surface area contributed by atoms with E-state index in [4.69, 9.17) is 4.74 Å². The van der Waals surface area contributed by atoms with Crippen molar-refractivity contribution in [2.45, 2.75) is 38.1 Å². The van der Waals surface area contributed by atoms with Crippen molar-refractivity contribution in [2.75, 3.05) is 32.1 Å². The van der Waals surface area contributed by atoms with Gasteiger partial charge in [-0.1, -0.05) is 0 Å². The molecule has 1 aromatic heterocycles. The molecule has 0 radical (unpaired) electrons. The van der Waals surface area contributed by atoms with Gasteiger partial charge >= 0.3 is 0 Å². The molecular weight excluding hydrogens is 268 g/mol. The van der Waals surface area contributed by atoms with Crippen molar-refractivity contribution in [3.63, 3.8) is 0 Å². The van der Waals surface area contributed by atoms with Crippen LogP contribution >= 0.6 is 0 Å². The molecule has 0 bridgehead atoms. The van der Waals surface area contributed by atoms with Crippen LogP contribution < -0.4 is 5.32 Å². The quantitative estimate of drug-likeness (QED) is 0.896. The third-order valence-corrected chi connectivity index (χ3v) is 4.33. The van der Waals surface area contributed by atoms with Gasteiger partial charge < -0.3 is 15.0 Å². The molecule has 0 atom stereocenters. The highest BCUT2D eigenvalue weighted by molar-refractivity contribution is 5.77. The average molecular weight is 290 g/mol. The Labute approximate surface area is 124 Å². The zero-order chi connectivity index (χ0) is 14.7. The molecule has 1 amide bonds. The van der Waals surface area contributed by atoms with Gasteiger partial charge in [0, 0.05) is 37.5 Å². The van der Waals surface area contributed by atoms with Crippen LogP contribution in [0, 0.1) is 0 Å². The molecule has 1 N–H and O–H groups in total. The Morgan fingerprint density at radius 2 is 2.19 bits per heavy atom. The number of aryl methyl sites for hydroxylation is 1. The summed E-state index contributed by atoms with van der Waals surface area (Å²) in [6, 6.07) is 0.385. The minimum Gasteiger partial charge on any atom is -0.375 e. The number of carbonyl (C=O) groups is 1. The van der Waals surface area contributed by atoms with Crippen molar-refractivity contribution < 1.29 is 9.53 Å². The first-order valence-electron chi connectivity index (χ1n) is 7.64. The third kappa shape index (κ3) is 3.15. The highest BCUT2D eigenvalue weighted by atomic mass is 16.5. The lowest BCUT2D eigenvalue weighted by molar-refractivity contribution is -0.136. The summed E-state index contributed by atoms with van der Waals surface area (Å²) >= 11 is 0. The first kappa shape index (κ1) is 14.3. The summed E-state index contributed by atoms with van der Waals surface area (Å²) in [7, 11) is 1.56. The maximum Gasteiger partial charge on any atom is 0.248 e. The fourth-order valence-corrected chi connectivity index (χ4v) is 3.17. The monoisotopic (exact) mass is 290 g/mol. The standard InChI is InChI=1S/C15H22N4O2/c1-21-9-14(20)19-7-5-11(6-8-19)18-15-12-3-2-4-13(12)16-10-17-15/h10-11H,2-9H2,1H3,(H,16,17,18). The second kappa shape index (κ2) is 6.39. The van der Waals surface area contributed by atoms with E-state index in [1.165, 1.54) is 17.7 Å². The number of nitrogens with one attached hydrogen (secondary N) is 1. The van der Waals surface area contributed by atoms with E-state index in [0.717, 1.165) is 44.6 Å². The number of methoxy groups -OCH3 is 1. The number of hydrogen-bond donors (Lipinski definition) is 1. The minimum absolute atomic E-state index is 0.0823. The molecule has 0 saturated carbocycles. The maximum absolute atomic E-state index is 11.8. The molecule has 2 heterocycles. The van der Waals surface area contributed by atoms with Crippen molar-refractivity contribution >= 4 is 11.7 Å². The number of anilines is 1. The summed E-state index contributed by atoms with van der Waals surface area (Å²) < 4.78 is 4.91. The van der Waals surface area contributed by atoms with Crippen molar-refractivity contribution in [3.05, 3.63) is 17.6 Å². The smallest absolute Gasteiger partial charge is 0.248 e. The lowest BCUT2D eigenvalue weighted by Crippen LogP contribution is -2.43. The van der Waals surface area contributed by atoms with Gasteiger partial charge in [0.1, 0.15) is 18.8 Å². The van der Waals surface area contributed by atoms with E-state index in [-0.39, 0.29) is 12.5 Å². The minimum atomic E-state index is 0.0823. The second-order valence-electron chi connectivity index (χ2n) is 5.73. The molecule has 1 aliphatic heterocycles. The van der Waals surface area contributed by atoms with Crippen LogP contribution in [0.5, 0.6) is 0 Å². The van der Waals surface area contributed by atoms with Crippen LogP contribution in [-0.2, 0) is 22.4 Å². The Hall–Kier alpha value is -1.69. The van der Waals surface area contributed by atoms with E-state index in [9.17, 15) is 4.79 Å². The predicted molar refractivity (Wildman–Crippen MR) is 79.2 cm³/mol. The molecule has 1 fully saturated rings. The maximum atomic E-state index is 11.8. The van der Waals surface area contributed by atoms with Crippen molar-refractivity contribution in [2.24, 2.45) is 0 Å². The second-order valence-corrected chi connectivity index (χ2v) is 5.73. The number of hydrogen-bond acceptors (Lipinski definition) is 5. The molecule has 0 unspecified atom stereocenters. The average Bonchev–Trinajstić information content (AvgIpc) is 2.98. The van der Waals surface area contributed by atoms with Gasteiger partial charge in [-0.25, -0.2) is 9.97 Å². The summed E-state index contributed by atoms with van der Waals surface area (Å²) in [4.78, 5) is 22.4. The number of aromatic nitrogens is 2. The Morgan fingerprint density at radius 1 is 1.38 bits per heavy atom. The molecule has 114 valence electrons. The van der Waals surface area contributed by atoms with Crippen molar-refractivity contribution in [1.82, 2.24) is 14.9 Å². The van der Waals surface area contributed by atoms with E-state index in [1.54, 1.807) is 13.4 Å². The Kier molecular flexibility index (Phi) is 4.34. The molecule has 6 heteroatoms. The van der Waals surface area contributed by atoms with Gasteiger partial charge in [-0.2, -0.15) is 0 Å². The summed E-state index contributed by atoms with van der Waals surface area (Å²) in [5.41, 5.74) is 2.48. The molecule has 1 saturated heterocycles. The first-order valence-corrected chi connectivity index (χ1v) is 7.64. The van der Waals surface area contributed by atoms with Crippen LogP contribution in [0.1, 0.15) is 30.5 Å². The molecule has 6 nitrogen and oxygen atoms in total. The largest absolute Gasteiger partial charge is 0.375 e. The molecule has 2 aliphatic rings. The summed E-state index contributed by atoms with van der Waals surface area (Å²) in [6.07, 6.45) is 6.87. The van der Waals surface area contributed by atoms with Crippen LogP contribution in [0.2, 0.25) is 0 Å². The van der Waals surface area contributed by atoms with Gasteiger partial charge in [0.15, 0.2) is 0 Å². The van der Waals surface area contributed by atoms with E-state index < -0.39 is 0 Å². The van der Waals surface area contributed by atoms with E-state index in [1.807, 2.05) is 4.90 Å². The van der Waals surface area contributed by atoms with Gasteiger partial charge in [0.2, 0.25) is 5.91 Å². The molecule has 3 rings (SSSR count). The zero-order valence-electron chi connectivity index (χ0n) is 12.5. The first-order chi connectivity index (χ1) is 10.3. The fraction of sp³-hybridized carbons (Fsp3) is 0.667. The van der Waals surface area contributed by atoms with Crippen molar-refractivity contribution in [1.29, 1.82) is 0 Å². The van der Waals surface area contributed by atoms with Crippen LogP contribution in [0.4, 0.5) is 5.82 Å². The Bertz CT molecular complexity index is 512. The van der Waals surface area contributed by atoms with Crippen LogP contribution in [0.3, 0.4) is 0 Å². The SMILES string of the molecule is COCC(=O)N1CCC(Nc2ncnc3c2CCC3)CC1. The van der Waals surface area contributed by atoms with Crippen LogP contribution in [0.25, 0.3) is 0 Å². The number of amides is 1. The summed E-state index contributed by atoms with van der Waals surface area (Å²) in [5, 5.41) is 3.55. The molecule has 0 aromatic carbocycles. The number of ether oxygens (including phenoxy) is 1. The van der Waals surface area contributed by atoms with Gasteiger partial charge in [-0.15, -0.1) is 0 Å². The lowest BCUT2D eigenvalue weighted by Gasteiger charge is -2.32. The van der Waals surface area contributed by atoms with Crippen LogP contribution in [0.15, 0.2) is 6.33 Å². The van der Waals surface area contributed by atoms with Gasteiger partial charge in [-0.3, -0.25) is 4.79 Å². The number of fused-ring (bicyclic) bond motifs is 1. The Morgan fingerprint density at radius 3 is 2.95 bits per heavy atom. The van der Waals surface area contributed by atoms with Gasteiger partial charge in [0.25, 0.3) is 0 Å². The zero-order valence-corrected chi connectivity index (χ0v) is 12.5. The van der Waals surface area contributed by atoms with E-state index >= 15 is 0 Å². The van der Waals surface area contributed by atoms with Crippen LogP contribution in [-0.4, -0.2) is 53.6 Å². The lowest BCUT2D eigenvalue weighted by atomic mass is 10.0. The fourth-order valence-electron chi connectivity index (χ4n) is 3.17. The number of carbonyl (C=O) groups excluding carboxylic acids is 1. The molecule has 0 spiro atoms. The highest BCUT2D eigenvalue weighted by Crippen LogP contribution is 2.26. The third-order valence-electron chi connectivity index (χ3n) is 4.33. The van der Waals surface area contributed by atoms with Gasteiger partial charge in [-0.05, 0) is 32.1 Å². The Balaban J connectivity index is 1.56. The topological polar surface area (TPSA) is 67.3 Å². The molecule has 1 aliphatic carbocycles. The molecule has 21 heavy (non-hydrogen) atoms. The van der Waals surface area contributed by atoms with E-state index in [0.29, 0.717) is 6.04 Å². The number of rotatable bonds is 4. The van der Waals surface area contributed by atoms with Gasteiger partial charge in [0.05, 0.1) is 0 Å². The summed E-state index contributed by atoms with van der Waals surface area (Å²) in [6.45, 7) is 1.75. The molecule has 1 aromatic rings. The number of nitrogens with zero attached hydrogens (tertiary/aromatic N) is 3. The number of likely N-dealkylation sites (tertiary alicyclic amines) is 1.